The van der Waals surface area contributed by atoms with Crippen molar-refractivity contribution in [1.82, 2.24) is 0 Å². The molecule has 0 aliphatic rings. The quantitative estimate of drug-likeness (QED) is 0.486. The molecule has 13 heavy (non-hydrogen) atoms. The molecule has 0 aromatic carbocycles. The molecule has 0 aromatic heterocycles. The van der Waals surface area contributed by atoms with Gasteiger partial charge in [-0.25, -0.2) is 9.59 Å². The Morgan fingerprint density at radius 2 is 1.77 bits per heavy atom. The van der Waals surface area contributed by atoms with Crippen LogP contribution in [0.3, 0.4) is 0 Å². The summed E-state index contributed by atoms with van der Waals surface area (Å²) in [7, 11) is 2.40. The molecule has 0 rings (SSSR count). The highest BCUT2D eigenvalue weighted by Gasteiger charge is 2.19. The maximum Gasteiger partial charge on any atom is 0.508 e. The van der Waals surface area contributed by atoms with E-state index in [2.05, 4.69) is 20.8 Å². The van der Waals surface area contributed by atoms with Crippen LogP contribution in [0.5, 0.6) is 0 Å². The highest BCUT2D eigenvalue weighted by molar-refractivity contribution is 5.88. The smallest absolute Gasteiger partial charge is 0.466 e. The van der Waals surface area contributed by atoms with Crippen LogP contribution in [0.25, 0.3) is 0 Å². The summed E-state index contributed by atoms with van der Waals surface area (Å²) in [4.78, 5) is 21.5. The third-order valence-electron chi connectivity index (χ3n) is 1.38. The summed E-state index contributed by atoms with van der Waals surface area (Å²) in [5.74, 6) is -0.614. The molecule has 0 N–H and O–H groups in total. The van der Waals surface area contributed by atoms with Crippen LogP contribution in [-0.4, -0.2) is 32.4 Å². The molecule has 0 fully saturated rings. The molecule has 0 aromatic rings. The fraction of sp³-hybridized carbons (Fsp3) is 0.500. The van der Waals surface area contributed by atoms with Crippen LogP contribution in [-0.2, 0) is 19.0 Å². The number of esters is 1. The number of carbonyl (C=O) groups is 2. The van der Waals surface area contributed by atoms with E-state index in [1.807, 2.05) is 0 Å². The average molecular weight is 188 g/mol. The Morgan fingerprint density at radius 3 is 2.15 bits per heavy atom. The van der Waals surface area contributed by atoms with Gasteiger partial charge < -0.3 is 14.2 Å². The Labute approximate surface area is 76.3 Å². The number of carbonyl (C=O) groups excluding carboxylic acids is 2. The van der Waals surface area contributed by atoms with E-state index in [1.165, 1.54) is 21.1 Å². The van der Waals surface area contributed by atoms with Gasteiger partial charge >= 0.3 is 12.1 Å². The highest BCUT2D eigenvalue weighted by atomic mass is 16.7. The summed E-state index contributed by atoms with van der Waals surface area (Å²) in [6, 6.07) is 0. The standard InChI is InChI=1S/C8H12O5/c1-5(7(9)11-3)6(2)13-8(10)12-4/h6H,1H2,2-4H3. The van der Waals surface area contributed by atoms with Crippen LogP contribution >= 0.6 is 0 Å². The zero-order chi connectivity index (χ0) is 10.4. The fourth-order valence-electron chi connectivity index (χ4n) is 0.561. The van der Waals surface area contributed by atoms with E-state index in [0.29, 0.717) is 0 Å². The molecule has 1 unspecified atom stereocenters. The van der Waals surface area contributed by atoms with Crippen molar-refractivity contribution in [3.05, 3.63) is 12.2 Å². The molecule has 0 aliphatic heterocycles. The number of ether oxygens (including phenoxy) is 3. The average Bonchev–Trinajstić information content (AvgIpc) is 2.14. The fourth-order valence-corrected chi connectivity index (χ4v) is 0.561. The lowest BCUT2D eigenvalue weighted by Gasteiger charge is -2.12. The van der Waals surface area contributed by atoms with E-state index in [-0.39, 0.29) is 5.57 Å². The number of rotatable bonds is 3. The molecule has 0 spiro atoms. The van der Waals surface area contributed by atoms with Crippen molar-refractivity contribution in [1.29, 1.82) is 0 Å². The predicted octanol–water partition coefficient (Wildman–Crippen LogP) is 0.887. The number of hydrogen-bond donors (Lipinski definition) is 0. The molecule has 0 amide bonds. The maximum absolute atomic E-state index is 10.9. The minimum atomic E-state index is -0.863. The third kappa shape index (κ3) is 3.59. The summed E-state index contributed by atoms with van der Waals surface area (Å²) >= 11 is 0. The van der Waals surface area contributed by atoms with Gasteiger partial charge in [0.15, 0.2) is 0 Å². The molecular formula is C8H12O5. The predicted molar refractivity (Wildman–Crippen MR) is 44.1 cm³/mol. The second-order valence-electron chi connectivity index (χ2n) is 2.23. The third-order valence-corrected chi connectivity index (χ3v) is 1.38. The molecule has 0 heterocycles. The first-order valence-electron chi connectivity index (χ1n) is 3.54. The van der Waals surface area contributed by atoms with Gasteiger partial charge in [0.05, 0.1) is 19.8 Å². The van der Waals surface area contributed by atoms with Crippen molar-refractivity contribution in [2.45, 2.75) is 13.0 Å². The van der Waals surface area contributed by atoms with Crippen LogP contribution < -0.4 is 0 Å². The van der Waals surface area contributed by atoms with Gasteiger partial charge in [0.1, 0.15) is 6.10 Å². The van der Waals surface area contributed by atoms with Gasteiger partial charge in [0.2, 0.25) is 0 Å². The summed E-state index contributed by atoms with van der Waals surface area (Å²) in [5, 5.41) is 0. The monoisotopic (exact) mass is 188 g/mol. The summed E-state index contributed by atoms with van der Waals surface area (Å²) in [6.07, 6.45) is -1.61. The molecule has 5 heteroatoms. The summed E-state index contributed by atoms with van der Waals surface area (Å²) in [5.41, 5.74) is 0.0629. The molecular weight excluding hydrogens is 176 g/mol. The van der Waals surface area contributed by atoms with E-state index in [1.54, 1.807) is 0 Å². The largest absolute Gasteiger partial charge is 0.508 e. The molecule has 5 nitrogen and oxygen atoms in total. The lowest BCUT2D eigenvalue weighted by atomic mass is 10.2. The van der Waals surface area contributed by atoms with E-state index in [4.69, 9.17) is 0 Å². The van der Waals surface area contributed by atoms with Gasteiger partial charge in [-0.1, -0.05) is 6.58 Å². The molecule has 74 valence electrons. The van der Waals surface area contributed by atoms with Crippen molar-refractivity contribution < 1.29 is 23.8 Å². The van der Waals surface area contributed by atoms with Crippen molar-refractivity contribution in [2.75, 3.05) is 14.2 Å². The van der Waals surface area contributed by atoms with Gasteiger partial charge in [-0.3, -0.25) is 0 Å². The Kier molecular flexibility index (Phi) is 4.58. The van der Waals surface area contributed by atoms with E-state index < -0.39 is 18.2 Å². The molecule has 0 aliphatic carbocycles. The Hall–Kier alpha value is -1.52. The molecule has 0 saturated carbocycles. The first-order valence-corrected chi connectivity index (χ1v) is 3.54. The van der Waals surface area contributed by atoms with Crippen LogP contribution in [0, 0.1) is 0 Å². The zero-order valence-corrected chi connectivity index (χ0v) is 7.83. The van der Waals surface area contributed by atoms with Crippen molar-refractivity contribution in [3.63, 3.8) is 0 Å². The van der Waals surface area contributed by atoms with Crippen LogP contribution in [0.2, 0.25) is 0 Å². The lowest BCUT2D eigenvalue weighted by Crippen LogP contribution is -2.22. The molecule has 0 radical (unpaired) electrons. The van der Waals surface area contributed by atoms with Gasteiger partial charge in [-0.2, -0.15) is 0 Å². The minimum absolute atomic E-state index is 0.0629. The minimum Gasteiger partial charge on any atom is -0.466 e. The van der Waals surface area contributed by atoms with Crippen molar-refractivity contribution in [3.8, 4) is 0 Å². The van der Waals surface area contributed by atoms with Gasteiger partial charge in [0.25, 0.3) is 0 Å². The van der Waals surface area contributed by atoms with E-state index in [9.17, 15) is 9.59 Å². The van der Waals surface area contributed by atoms with E-state index in [0.717, 1.165) is 0 Å². The molecule has 1 atom stereocenters. The van der Waals surface area contributed by atoms with Crippen LogP contribution in [0.15, 0.2) is 12.2 Å². The van der Waals surface area contributed by atoms with Crippen LogP contribution in [0.1, 0.15) is 6.92 Å². The Balaban J connectivity index is 4.11. The van der Waals surface area contributed by atoms with Crippen molar-refractivity contribution >= 4 is 12.1 Å². The first kappa shape index (κ1) is 11.5. The van der Waals surface area contributed by atoms with Crippen molar-refractivity contribution in [2.24, 2.45) is 0 Å². The molecule has 0 saturated heterocycles. The highest BCUT2D eigenvalue weighted by Crippen LogP contribution is 2.06. The van der Waals surface area contributed by atoms with E-state index >= 15 is 0 Å². The molecule has 0 bridgehead atoms. The normalized spacial score (nSPS) is 11.3. The summed E-state index contributed by atoms with van der Waals surface area (Å²) in [6.45, 7) is 4.90. The second-order valence-corrected chi connectivity index (χ2v) is 2.23. The second kappa shape index (κ2) is 5.18. The van der Waals surface area contributed by atoms with Gasteiger partial charge in [0, 0.05) is 0 Å². The van der Waals surface area contributed by atoms with Gasteiger partial charge in [-0.15, -0.1) is 0 Å². The SMILES string of the molecule is C=C(C(=O)OC)C(C)OC(=O)OC. The Bertz CT molecular complexity index is 221. The number of methoxy groups -OCH3 is 2. The maximum atomic E-state index is 10.9. The Morgan fingerprint density at radius 1 is 1.23 bits per heavy atom. The van der Waals surface area contributed by atoms with Gasteiger partial charge in [-0.05, 0) is 6.92 Å². The van der Waals surface area contributed by atoms with Crippen LogP contribution in [0.4, 0.5) is 4.79 Å². The first-order chi connectivity index (χ1) is 6.02. The topological polar surface area (TPSA) is 61.8 Å². The lowest BCUT2D eigenvalue weighted by molar-refractivity contribution is -0.137. The zero-order valence-electron chi connectivity index (χ0n) is 7.83. The summed E-state index contributed by atoms with van der Waals surface area (Å²) < 4.78 is 13.2. The number of hydrogen-bond acceptors (Lipinski definition) is 5.